The molecular formula is C19H40ClNO2Si2. The molecule has 6 heteroatoms. The van der Waals surface area contributed by atoms with Gasteiger partial charge in [-0.1, -0.05) is 67.0 Å². The lowest BCUT2D eigenvalue weighted by Crippen LogP contribution is -2.51. The lowest BCUT2D eigenvalue weighted by Gasteiger charge is -2.44. The number of nitrogens with zero attached hydrogens (tertiary/aromatic N) is 1. The Balaban J connectivity index is 5.58. The van der Waals surface area contributed by atoms with Crippen molar-refractivity contribution in [2.75, 3.05) is 0 Å². The van der Waals surface area contributed by atoms with Crippen molar-refractivity contribution < 1.29 is 8.85 Å². The van der Waals surface area contributed by atoms with E-state index in [1.165, 1.54) is 5.54 Å². The predicted octanol–water partition coefficient (Wildman–Crippen LogP) is 7.16. The molecule has 0 amide bonds. The minimum absolute atomic E-state index is 0.0317. The molecule has 0 unspecified atom stereocenters. The van der Waals surface area contributed by atoms with E-state index in [0.29, 0.717) is 28.4 Å². The molecule has 0 aromatic carbocycles. The Hall–Kier alpha value is -0.106. The van der Waals surface area contributed by atoms with Gasteiger partial charge < -0.3 is 8.85 Å². The van der Waals surface area contributed by atoms with Gasteiger partial charge in [-0.15, -0.1) is 0 Å². The molecule has 0 aliphatic rings. The highest BCUT2D eigenvalue weighted by Crippen LogP contribution is 2.43. The van der Waals surface area contributed by atoms with Crippen molar-refractivity contribution in [3.63, 3.8) is 0 Å². The maximum atomic E-state index is 6.88. The second kappa shape index (κ2) is 10.3. The summed E-state index contributed by atoms with van der Waals surface area (Å²) in [7, 11) is -3.70. The minimum Gasteiger partial charge on any atom is -0.531 e. The van der Waals surface area contributed by atoms with E-state index in [1.807, 2.05) is 6.21 Å². The van der Waals surface area contributed by atoms with E-state index in [9.17, 15) is 0 Å². The van der Waals surface area contributed by atoms with Gasteiger partial charge >= 0.3 is 0 Å². The average Bonchev–Trinajstić information content (AvgIpc) is 2.43. The summed E-state index contributed by atoms with van der Waals surface area (Å²) in [6.07, 6.45) is 1.86. The summed E-state index contributed by atoms with van der Waals surface area (Å²) in [4.78, 5) is 4.53. The fourth-order valence-corrected chi connectivity index (χ4v) is 10.1. The van der Waals surface area contributed by atoms with Crippen LogP contribution in [0.5, 0.6) is 0 Å². The maximum Gasteiger partial charge on any atom is 0.244 e. The molecule has 3 nitrogen and oxygen atoms in total. The van der Waals surface area contributed by atoms with Gasteiger partial charge in [-0.2, -0.15) is 0 Å². The third kappa shape index (κ3) is 7.57. The van der Waals surface area contributed by atoms with Crippen LogP contribution in [0.1, 0.15) is 55.4 Å². The van der Waals surface area contributed by atoms with Crippen LogP contribution in [0.15, 0.2) is 16.4 Å². The Morgan fingerprint density at radius 1 is 0.880 bits per heavy atom. The highest BCUT2D eigenvalue weighted by molar-refractivity contribution is 6.77. The highest BCUT2D eigenvalue weighted by Gasteiger charge is 2.46. The van der Waals surface area contributed by atoms with Gasteiger partial charge in [0.25, 0.3) is 0 Å². The van der Waals surface area contributed by atoms with E-state index in [1.54, 1.807) is 0 Å². The van der Waals surface area contributed by atoms with Crippen LogP contribution in [0.2, 0.25) is 36.3 Å². The normalized spacial score (nSPS) is 15.9. The zero-order chi connectivity index (χ0) is 20.0. The van der Waals surface area contributed by atoms with E-state index >= 15 is 0 Å². The minimum atomic E-state index is -1.96. The molecule has 0 heterocycles. The SMILES string of the molecule is CC(C)[C@@H](/C=N/C(=C/Cl)O[Si](C)(C)C)O[Si](C(C)C)(C(C)C)C(C)C. The smallest absolute Gasteiger partial charge is 0.244 e. The van der Waals surface area contributed by atoms with E-state index < -0.39 is 16.6 Å². The first kappa shape index (κ1) is 24.9. The first-order valence-corrected chi connectivity index (χ1v) is 15.5. The Labute approximate surface area is 163 Å². The summed E-state index contributed by atoms with van der Waals surface area (Å²) in [6.45, 7) is 24.5. The Morgan fingerprint density at radius 2 is 1.32 bits per heavy atom. The van der Waals surface area contributed by atoms with Crippen LogP contribution in [0.3, 0.4) is 0 Å². The predicted molar refractivity (Wildman–Crippen MR) is 118 cm³/mol. The van der Waals surface area contributed by atoms with Gasteiger partial charge in [0, 0.05) is 6.21 Å². The largest absolute Gasteiger partial charge is 0.531 e. The molecule has 0 rings (SSSR count). The zero-order valence-electron chi connectivity index (χ0n) is 18.2. The van der Waals surface area contributed by atoms with Gasteiger partial charge in [0.1, 0.15) is 0 Å². The Kier molecular flexibility index (Phi) is 10.2. The molecule has 0 N–H and O–H groups in total. The van der Waals surface area contributed by atoms with Gasteiger partial charge in [-0.25, -0.2) is 4.99 Å². The molecule has 0 radical (unpaired) electrons. The summed E-state index contributed by atoms with van der Waals surface area (Å²) in [5.41, 5.74) is 3.06. The summed E-state index contributed by atoms with van der Waals surface area (Å²) in [6, 6.07) is 0. The highest BCUT2D eigenvalue weighted by atomic mass is 35.5. The third-order valence-electron chi connectivity index (χ3n) is 4.56. The van der Waals surface area contributed by atoms with Gasteiger partial charge in [0.2, 0.25) is 22.5 Å². The van der Waals surface area contributed by atoms with Crippen LogP contribution >= 0.6 is 11.6 Å². The van der Waals surface area contributed by atoms with Gasteiger partial charge in [-0.3, -0.25) is 0 Å². The standard InChI is InChI=1S/C19H40ClNO2Si2/c1-14(2)18(13-21-19(12-20)23-24(9,10)11)22-25(15(3)4,16(5)6)17(7)8/h12-18H,1-11H3/b19-12-,21-13+/t18-/m1/s1. The zero-order valence-corrected chi connectivity index (χ0v) is 20.9. The van der Waals surface area contributed by atoms with Crippen molar-refractivity contribution in [3.8, 4) is 0 Å². The maximum absolute atomic E-state index is 6.88. The molecule has 0 saturated heterocycles. The molecule has 0 fully saturated rings. The summed E-state index contributed by atoms with van der Waals surface area (Å²) < 4.78 is 12.8. The number of aliphatic imine (C=N–C) groups is 1. The fraction of sp³-hybridized carbons (Fsp3) is 0.842. The topological polar surface area (TPSA) is 30.8 Å². The Morgan fingerprint density at radius 3 is 1.60 bits per heavy atom. The monoisotopic (exact) mass is 405 g/mol. The number of hydrogen-bond donors (Lipinski definition) is 0. The molecular weight excluding hydrogens is 366 g/mol. The van der Waals surface area contributed by atoms with Crippen molar-refractivity contribution in [1.82, 2.24) is 0 Å². The van der Waals surface area contributed by atoms with Crippen molar-refractivity contribution >= 4 is 34.5 Å². The van der Waals surface area contributed by atoms with Crippen LogP contribution in [0.4, 0.5) is 0 Å². The molecule has 0 bridgehead atoms. The molecule has 148 valence electrons. The number of rotatable bonds is 10. The van der Waals surface area contributed by atoms with Crippen molar-refractivity contribution in [2.24, 2.45) is 10.9 Å². The average molecular weight is 406 g/mol. The van der Waals surface area contributed by atoms with Crippen LogP contribution in [-0.2, 0) is 8.85 Å². The summed E-state index contributed by atoms with van der Waals surface area (Å²) in [5, 5.41) is 0. The van der Waals surface area contributed by atoms with Gasteiger partial charge in [-0.05, 0) is 42.2 Å². The molecule has 1 atom stereocenters. The van der Waals surface area contributed by atoms with Crippen LogP contribution in [0, 0.1) is 5.92 Å². The molecule has 0 aromatic rings. The van der Waals surface area contributed by atoms with Crippen molar-refractivity contribution in [2.45, 2.75) is 97.8 Å². The summed E-state index contributed by atoms with van der Waals surface area (Å²) >= 11 is 5.91. The molecule has 0 spiro atoms. The molecule has 0 aliphatic carbocycles. The third-order valence-corrected chi connectivity index (χ3v) is 11.7. The van der Waals surface area contributed by atoms with E-state index in [-0.39, 0.29) is 6.10 Å². The molecule has 25 heavy (non-hydrogen) atoms. The number of hydrogen-bond acceptors (Lipinski definition) is 3. The first-order chi connectivity index (χ1) is 11.3. The lowest BCUT2D eigenvalue weighted by molar-refractivity contribution is 0.191. The lowest BCUT2D eigenvalue weighted by atomic mass is 10.1. The Bertz CT molecular complexity index is 433. The van der Waals surface area contributed by atoms with E-state index in [2.05, 4.69) is 80.0 Å². The summed E-state index contributed by atoms with van der Waals surface area (Å²) in [5.74, 6) is 0.830. The van der Waals surface area contributed by atoms with Crippen LogP contribution in [-0.4, -0.2) is 29.0 Å². The van der Waals surface area contributed by atoms with Crippen LogP contribution < -0.4 is 0 Å². The van der Waals surface area contributed by atoms with Crippen molar-refractivity contribution in [3.05, 3.63) is 11.4 Å². The number of halogens is 1. The van der Waals surface area contributed by atoms with E-state index in [0.717, 1.165) is 0 Å². The second-order valence-corrected chi connectivity index (χ2v) is 19.1. The second-order valence-electron chi connectivity index (χ2n) is 9.08. The van der Waals surface area contributed by atoms with Crippen LogP contribution in [0.25, 0.3) is 0 Å². The van der Waals surface area contributed by atoms with Crippen molar-refractivity contribution in [1.29, 1.82) is 0 Å². The first-order valence-electron chi connectivity index (χ1n) is 9.49. The molecule has 0 saturated carbocycles. The fourth-order valence-electron chi connectivity index (χ4n) is 3.52. The molecule has 0 aromatic heterocycles. The quantitative estimate of drug-likeness (QED) is 0.219. The molecule has 0 aliphatic heterocycles. The van der Waals surface area contributed by atoms with E-state index in [4.69, 9.17) is 20.5 Å². The van der Waals surface area contributed by atoms with Gasteiger partial charge in [0.15, 0.2) is 0 Å². The van der Waals surface area contributed by atoms with Gasteiger partial charge in [0.05, 0.1) is 11.6 Å².